The van der Waals surface area contributed by atoms with E-state index in [1.54, 1.807) is 6.92 Å². The Labute approximate surface area is 177 Å². The van der Waals surface area contributed by atoms with Gasteiger partial charge in [0.05, 0.1) is 33.7 Å². The Bertz CT molecular complexity index is 1130. The van der Waals surface area contributed by atoms with Crippen molar-refractivity contribution in [2.45, 2.75) is 11.8 Å². The van der Waals surface area contributed by atoms with Gasteiger partial charge >= 0.3 is 0 Å². The number of ether oxygens (including phenoxy) is 1. The Morgan fingerprint density at radius 1 is 1.06 bits per heavy atom. The Morgan fingerprint density at radius 3 is 2.29 bits per heavy atom. The van der Waals surface area contributed by atoms with Crippen LogP contribution in [-0.4, -0.2) is 54.6 Å². The first kappa shape index (κ1) is 22.3. The SMILES string of the molecule is C/C(=N/Nc1ccc(S(=O)(=O)N2CCOCC2)cc1[N+](=O)[O-])c1ccc([N+](=O)[O-])cc1. The molecule has 31 heavy (non-hydrogen) atoms. The number of nitrogens with one attached hydrogen (secondary N) is 1. The molecule has 0 amide bonds. The molecule has 1 fully saturated rings. The highest BCUT2D eigenvalue weighted by molar-refractivity contribution is 7.89. The molecule has 164 valence electrons. The van der Waals surface area contributed by atoms with Gasteiger partial charge in [0.2, 0.25) is 10.0 Å². The Balaban J connectivity index is 1.85. The van der Waals surface area contributed by atoms with Crippen LogP contribution in [0.5, 0.6) is 0 Å². The maximum atomic E-state index is 12.8. The molecule has 0 saturated carbocycles. The second-order valence-corrected chi connectivity index (χ2v) is 8.50. The van der Waals surface area contributed by atoms with Crippen LogP contribution in [0.4, 0.5) is 17.1 Å². The summed E-state index contributed by atoms with van der Waals surface area (Å²) < 4.78 is 31.9. The fraction of sp³-hybridized carbons (Fsp3) is 0.278. The molecule has 0 spiro atoms. The molecule has 0 atom stereocenters. The smallest absolute Gasteiger partial charge is 0.295 e. The van der Waals surface area contributed by atoms with Crippen LogP contribution in [0.3, 0.4) is 0 Å². The van der Waals surface area contributed by atoms with E-state index in [9.17, 15) is 28.6 Å². The molecule has 13 heteroatoms. The van der Waals surface area contributed by atoms with Crippen molar-refractivity contribution in [1.82, 2.24) is 4.31 Å². The molecular formula is C18H19N5O7S. The Kier molecular flexibility index (Phi) is 6.58. The molecule has 0 radical (unpaired) electrons. The standard InChI is InChI=1S/C18H19N5O7S/c1-13(14-2-4-15(5-3-14)22(24)25)19-20-17-7-6-16(12-18(17)23(26)27)31(28,29)21-8-10-30-11-9-21/h2-7,12,20H,8-11H2,1H3/b19-13-. The molecule has 0 unspecified atom stereocenters. The number of nitrogens with zero attached hydrogens (tertiary/aromatic N) is 4. The third-order valence-electron chi connectivity index (χ3n) is 4.61. The zero-order chi connectivity index (χ0) is 22.6. The average molecular weight is 449 g/mol. The van der Waals surface area contributed by atoms with Crippen LogP contribution >= 0.6 is 0 Å². The minimum atomic E-state index is -3.89. The largest absolute Gasteiger partial charge is 0.379 e. The highest BCUT2D eigenvalue weighted by Gasteiger charge is 2.28. The number of hydrogen-bond donors (Lipinski definition) is 1. The molecule has 2 aromatic rings. The second-order valence-electron chi connectivity index (χ2n) is 6.57. The topological polar surface area (TPSA) is 157 Å². The van der Waals surface area contributed by atoms with Crippen LogP contribution in [0.1, 0.15) is 12.5 Å². The predicted octanol–water partition coefficient (Wildman–Crippen LogP) is 2.36. The van der Waals surface area contributed by atoms with Crippen LogP contribution < -0.4 is 5.43 Å². The van der Waals surface area contributed by atoms with Crippen LogP contribution in [0.15, 0.2) is 52.5 Å². The summed E-state index contributed by atoms with van der Waals surface area (Å²) >= 11 is 0. The number of nitro groups is 2. The molecule has 0 bridgehead atoms. The summed E-state index contributed by atoms with van der Waals surface area (Å²) in [5, 5.41) is 26.3. The van der Waals surface area contributed by atoms with Gasteiger partial charge in [-0.25, -0.2) is 8.42 Å². The number of sulfonamides is 1. The first-order valence-electron chi connectivity index (χ1n) is 9.11. The fourth-order valence-electron chi connectivity index (χ4n) is 2.89. The van der Waals surface area contributed by atoms with Gasteiger partial charge in [0.25, 0.3) is 11.4 Å². The monoisotopic (exact) mass is 449 g/mol. The maximum Gasteiger partial charge on any atom is 0.295 e. The van der Waals surface area contributed by atoms with Gasteiger partial charge in [-0.05, 0) is 36.8 Å². The first-order valence-corrected chi connectivity index (χ1v) is 10.6. The molecule has 0 aliphatic carbocycles. The van der Waals surface area contributed by atoms with Crippen LogP contribution in [-0.2, 0) is 14.8 Å². The van der Waals surface area contributed by atoms with Gasteiger partial charge in [0, 0.05) is 31.3 Å². The molecule has 0 aromatic heterocycles. The average Bonchev–Trinajstić information content (AvgIpc) is 2.77. The summed E-state index contributed by atoms with van der Waals surface area (Å²) in [7, 11) is -3.89. The number of rotatable bonds is 7. The number of anilines is 1. The summed E-state index contributed by atoms with van der Waals surface area (Å²) in [6.07, 6.45) is 0. The Hall–Kier alpha value is -3.42. The van der Waals surface area contributed by atoms with Crippen molar-refractivity contribution in [2.75, 3.05) is 31.7 Å². The number of non-ortho nitro benzene ring substituents is 1. The molecule has 1 aliphatic heterocycles. The maximum absolute atomic E-state index is 12.8. The highest BCUT2D eigenvalue weighted by Crippen LogP contribution is 2.29. The zero-order valence-corrected chi connectivity index (χ0v) is 17.2. The highest BCUT2D eigenvalue weighted by atomic mass is 32.2. The summed E-state index contributed by atoms with van der Waals surface area (Å²) in [4.78, 5) is 20.8. The summed E-state index contributed by atoms with van der Waals surface area (Å²) in [5.41, 5.74) is 3.06. The van der Waals surface area contributed by atoms with E-state index >= 15 is 0 Å². The van der Waals surface area contributed by atoms with E-state index in [2.05, 4.69) is 10.5 Å². The van der Waals surface area contributed by atoms with Gasteiger partial charge in [-0.15, -0.1) is 0 Å². The van der Waals surface area contributed by atoms with E-state index < -0.39 is 25.6 Å². The van der Waals surface area contributed by atoms with Crippen molar-refractivity contribution in [3.8, 4) is 0 Å². The minimum absolute atomic E-state index is 0.00666. The van der Waals surface area contributed by atoms with Crippen molar-refractivity contribution in [3.63, 3.8) is 0 Å². The van der Waals surface area contributed by atoms with Crippen molar-refractivity contribution < 1.29 is 23.0 Å². The molecule has 1 saturated heterocycles. The van der Waals surface area contributed by atoms with E-state index in [4.69, 9.17) is 4.74 Å². The normalized spacial score (nSPS) is 15.5. The van der Waals surface area contributed by atoms with Crippen LogP contribution in [0, 0.1) is 20.2 Å². The van der Waals surface area contributed by atoms with Crippen molar-refractivity contribution >= 4 is 32.8 Å². The molecule has 3 rings (SSSR count). The summed E-state index contributed by atoms with van der Waals surface area (Å²) in [6.45, 7) is 2.50. The lowest BCUT2D eigenvalue weighted by molar-refractivity contribution is -0.384. The lowest BCUT2D eigenvalue weighted by Crippen LogP contribution is -2.40. The first-order chi connectivity index (χ1) is 14.7. The van der Waals surface area contributed by atoms with E-state index in [0.717, 1.165) is 6.07 Å². The second kappa shape index (κ2) is 9.16. The molecular weight excluding hydrogens is 430 g/mol. The van der Waals surface area contributed by atoms with E-state index in [-0.39, 0.29) is 42.6 Å². The number of nitro benzene ring substituents is 2. The number of morpholine rings is 1. The molecule has 12 nitrogen and oxygen atoms in total. The number of benzene rings is 2. The van der Waals surface area contributed by atoms with E-state index in [0.29, 0.717) is 11.3 Å². The van der Waals surface area contributed by atoms with Gasteiger partial charge in [-0.3, -0.25) is 25.7 Å². The minimum Gasteiger partial charge on any atom is -0.379 e. The van der Waals surface area contributed by atoms with Gasteiger partial charge in [-0.1, -0.05) is 0 Å². The van der Waals surface area contributed by atoms with Gasteiger partial charge in [-0.2, -0.15) is 9.41 Å². The number of hydrogen-bond acceptors (Lipinski definition) is 9. The third-order valence-corrected chi connectivity index (χ3v) is 6.51. The lowest BCUT2D eigenvalue weighted by Gasteiger charge is -2.26. The molecule has 2 aromatic carbocycles. The van der Waals surface area contributed by atoms with E-state index in [1.165, 1.54) is 40.7 Å². The number of hydrazone groups is 1. The quantitative estimate of drug-likeness (QED) is 0.383. The summed E-state index contributed by atoms with van der Waals surface area (Å²) in [5.74, 6) is 0. The summed E-state index contributed by atoms with van der Waals surface area (Å²) in [6, 6.07) is 9.19. The Morgan fingerprint density at radius 2 is 1.71 bits per heavy atom. The van der Waals surface area contributed by atoms with Crippen molar-refractivity contribution in [3.05, 3.63) is 68.3 Å². The van der Waals surface area contributed by atoms with Gasteiger partial charge in [0.15, 0.2) is 0 Å². The molecule has 1 N–H and O–H groups in total. The van der Waals surface area contributed by atoms with Gasteiger partial charge in [0.1, 0.15) is 5.69 Å². The van der Waals surface area contributed by atoms with Crippen LogP contribution in [0.25, 0.3) is 0 Å². The van der Waals surface area contributed by atoms with Crippen molar-refractivity contribution in [1.29, 1.82) is 0 Å². The molecule has 1 aliphatic rings. The van der Waals surface area contributed by atoms with Crippen molar-refractivity contribution in [2.24, 2.45) is 5.10 Å². The van der Waals surface area contributed by atoms with Gasteiger partial charge < -0.3 is 4.74 Å². The van der Waals surface area contributed by atoms with Crippen LogP contribution in [0.2, 0.25) is 0 Å². The third kappa shape index (κ3) is 5.02. The lowest BCUT2D eigenvalue weighted by atomic mass is 10.1. The molecule has 1 heterocycles. The predicted molar refractivity (Wildman–Crippen MR) is 112 cm³/mol. The van der Waals surface area contributed by atoms with E-state index in [1.807, 2.05) is 0 Å². The fourth-order valence-corrected chi connectivity index (χ4v) is 4.32. The zero-order valence-electron chi connectivity index (χ0n) is 16.4.